The molecule has 1 aromatic heterocycles. The van der Waals surface area contributed by atoms with Crippen LogP contribution in [0, 0.1) is 11.3 Å². The molecule has 0 bridgehead atoms. The maximum absolute atomic E-state index is 12.2. The Labute approximate surface area is 165 Å². The highest BCUT2D eigenvalue weighted by molar-refractivity contribution is 6.33. The van der Waals surface area contributed by atoms with E-state index in [1.807, 2.05) is 0 Å². The molecule has 28 heavy (non-hydrogen) atoms. The minimum atomic E-state index is -0.257. The lowest BCUT2D eigenvalue weighted by Gasteiger charge is -2.10. The monoisotopic (exact) mass is 394 g/mol. The average Bonchev–Trinajstić information content (AvgIpc) is 3.16. The zero-order valence-corrected chi connectivity index (χ0v) is 15.4. The number of pyridine rings is 1. The Hall–Kier alpha value is -3.50. The summed E-state index contributed by atoms with van der Waals surface area (Å²) in [6.45, 7) is 0.913. The minimum absolute atomic E-state index is 0.174. The molecule has 4 rings (SSSR count). The number of anilines is 1. The topological polar surface area (TPSA) is 96.3 Å². The first-order valence-electron chi connectivity index (χ1n) is 8.57. The second-order valence-electron chi connectivity index (χ2n) is 6.06. The van der Waals surface area contributed by atoms with E-state index in [1.165, 1.54) is 0 Å². The third-order valence-corrected chi connectivity index (χ3v) is 4.58. The van der Waals surface area contributed by atoms with Crippen molar-refractivity contribution in [2.45, 2.75) is 0 Å². The number of benzene rings is 2. The van der Waals surface area contributed by atoms with Gasteiger partial charge in [0, 0.05) is 24.5 Å². The number of ether oxygens (including phenoxy) is 2. The first-order valence-corrected chi connectivity index (χ1v) is 8.94. The van der Waals surface area contributed by atoms with Crippen molar-refractivity contribution >= 4 is 34.2 Å². The molecule has 3 aromatic rings. The lowest BCUT2D eigenvalue weighted by atomic mass is 10.1. The van der Waals surface area contributed by atoms with Crippen molar-refractivity contribution in [3.63, 3.8) is 0 Å². The van der Waals surface area contributed by atoms with E-state index in [2.05, 4.69) is 21.7 Å². The van der Waals surface area contributed by atoms with Gasteiger partial charge < -0.3 is 20.1 Å². The van der Waals surface area contributed by atoms with Gasteiger partial charge in [-0.05, 0) is 24.3 Å². The molecule has 1 aliphatic rings. The Morgan fingerprint density at radius 2 is 1.96 bits per heavy atom. The van der Waals surface area contributed by atoms with E-state index in [0.29, 0.717) is 52.1 Å². The molecule has 2 aromatic carbocycles. The summed E-state index contributed by atoms with van der Waals surface area (Å²) in [7, 11) is 0. The summed E-state index contributed by atoms with van der Waals surface area (Å²) in [6, 6.07) is 14.3. The molecule has 140 valence electrons. The number of nitrogens with zero attached hydrogens (tertiary/aromatic N) is 2. The number of aromatic nitrogens is 1. The fraction of sp³-hybridized carbons (Fsp3) is 0.150. The van der Waals surface area contributed by atoms with Crippen molar-refractivity contribution in [2.75, 3.05) is 25.2 Å². The van der Waals surface area contributed by atoms with Gasteiger partial charge in [-0.25, -0.2) is 4.98 Å². The summed E-state index contributed by atoms with van der Waals surface area (Å²) in [5, 5.41) is 16.5. The SMILES string of the molecule is N#Cc1cc2cc3c(cc2nc1NCCNC(=O)c1ccccc1Cl)OCO3. The predicted octanol–water partition coefficient (Wildman–Crippen LogP) is 3.33. The van der Waals surface area contributed by atoms with Crippen LogP contribution in [0.15, 0.2) is 42.5 Å². The molecule has 0 unspecified atom stereocenters. The van der Waals surface area contributed by atoms with E-state index in [0.717, 1.165) is 5.39 Å². The molecule has 2 N–H and O–H groups in total. The number of hydrogen-bond acceptors (Lipinski definition) is 6. The number of carbonyl (C=O) groups is 1. The van der Waals surface area contributed by atoms with Gasteiger partial charge >= 0.3 is 0 Å². The summed E-state index contributed by atoms with van der Waals surface area (Å²) < 4.78 is 10.7. The lowest BCUT2D eigenvalue weighted by molar-refractivity contribution is 0.0955. The van der Waals surface area contributed by atoms with Crippen molar-refractivity contribution in [3.8, 4) is 17.6 Å². The molecule has 0 radical (unpaired) electrons. The first-order chi connectivity index (χ1) is 13.7. The molecule has 0 saturated carbocycles. The first kappa shape index (κ1) is 17.9. The quantitative estimate of drug-likeness (QED) is 0.644. The van der Waals surface area contributed by atoms with E-state index < -0.39 is 0 Å². The van der Waals surface area contributed by atoms with E-state index in [4.69, 9.17) is 21.1 Å². The molecule has 0 saturated heterocycles. The molecule has 7 nitrogen and oxygen atoms in total. The zero-order chi connectivity index (χ0) is 19.5. The van der Waals surface area contributed by atoms with Crippen molar-refractivity contribution in [1.82, 2.24) is 10.3 Å². The van der Waals surface area contributed by atoms with Crippen LogP contribution in [0.1, 0.15) is 15.9 Å². The van der Waals surface area contributed by atoms with Gasteiger partial charge in [0.2, 0.25) is 6.79 Å². The normalized spacial score (nSPS) is 11.9. The van der Waals surface area contributed by atoms with Crippen molar-refractivity contribution in [1.29, 1.82) is 5.26 Å². The average molecular weight is 395 g/mol. The van der Waals surface area contributed by atoms with Crippen molar-refractivity contribution in [3.05, 3.63) is 58.6 Å². The third kappa shape index (κ3) is 3.50. The summed E-state index contributed by atoms with van der Waals surface area (Å²) >= 11 is 6.02. The van der Waals surface area contributed by atoms with Crippen LogP contribution in [-0.2, 0) is 0 Å². The van der Waals surface area contributed by atoms with Crippen molar-refractivity contribution < 1.29 is 14.3 Å². The minimum Gasteiger partial charge on any atom is -0.454 e. The number of nitriles is 1. The number of amides is 1. The van der Waals surface area contributed by atoms with E-state index >= 15 is 0 Å². The van der Waals surface area contributed by atoms with Crippen LogP contribution in [0.5, 0.6) is 11.5 Å². The summed E-state index contributed by atoms with van der Waals surface area (Å²) in [5.74, 6) is 1.46. The molecule has 1 aliphatic heterocycles. The Kier molecular flexibility index (Phi) is 4.87. The smallest absolute Gasteiger partial charge is 0.252 e. The van der Waals surface area contributed by atoms with Gasteiger partial charge in [0.1, 0.15) is 11.9 Å². The Morgan fingerprint density at radius 3 is 2.75 bits per heavy atom. The molecule has 0 atom stereocenters. The highest BCUT2D eigenvalue weighted by Crippen LogP contribution is 2.36. The van der Waals surface area contributed by atoms with Gasteiger partial charge in [-0.1, -0.05) is 23.7 Å². The molecule has 1 amide bonds. The van der Waals surface area contributed by atoms with Crippen LogP contribution in [0.3, 0.4) is 0 Å². The summed E-state index contributed by atoms with van der Waals surface area (Å²) in [6.07, 6.45) is 0. The molecule has 0 spiro atoms. The van der Waals surface area contributed by atoms with E-state index in [-0.39, 0.29) is 12.7 Å². The molecule has 2 heterocycles. The number of hydrogen-bond donors (Lipinski definition) is 2. The zero-order valence-electron chi connectivity index (χ0n) is 14.7. The van der Waals surface area contributed by atoms with Crippen LogP contribution in [-0.4, -0.2) is 30.8 Å². The highest BCUT2D eigenvalue weighted by Gasteiger charge is 2.16. The Balaban J connectivity index is 1.44. The van der Waals surface area contributed by atoms with Crippen LogP contribution in [0.2, 0.25) is 5.02 Å². The number of carbonyl (C=O) groups excluding carboxylic acids is 1. The molecule has 0 fully saturated rings. The van der Waals surface area contributed by atoms with Gasteiger partial charge in [0.25, 0.3) is 5.91 Å². The number of halogens is 1. The molecular weight excluding hydrogens is 380 g/mol. The van der Waals surface area contributed by atoms with Gasteiger partial charge in [0.15, 0.2) is 11.5 Å². The Bertz CT molecular complexity index is 1110. The molecule has 0 aliphatic carbocycles. The van der Waals surface area contributed by atoms with Gasteiger partial charge in [-0.15, -0.1) is 0 Å². The van der Waals surface area contributed by atoms with Crippen LogP contribution in [0.4, 0.5) is 5.82 Å². The number of nitrogens with one attached hydrogen (secondary N) is 2. The van der Waals surface area contributed by atoms with Gasteiger partial charge in [-0.2, -0.15) is 5.26 Å². The van der Waals surface area contributed by atoms with Gasteiger partial charge in [0.05, 0.1) is 21.7 Å². The second-order valence-corrected chi connectivity index (χ2v) is 6.46. The summed E-state index contributed by atoms with van der Waals surface area (Å²) in [4.78, 5) is 16.7. The van der Waals surface area contributed by atoms with Crippen LogP contribution in [0.25, 0.3) is 10.9 Å². The maximum Gasteiger partial charge on any atom is 0.252 e. The van der Waals surface area contributed by atoms with E-state index in [9.17, 15) is 10.1 Å². The van der Waals surface area contributed by atoms with Gasteiger partial charge in [-0.3, -0.25) is 4.79 Å². The second kappa shape index (κ2) is 7.62. The predicted molar refractivity (Wildman–Crippen MR) is 105 cm³/mol. The number of fused-ring (bicyclic) bond motifs is 2. The molecule has 8 heteroatoms. The Morgan fingerprint density at radius 1 is 1.18 bits per heavy atom. The van der Waals surface area contributed by atoms with E-state index in [1.54, 1.807) is 42.5 Å². The fourth-order valence-electron chi connectivity index (χ4n) is 2.88. The highest BCUT2D eigenvalue weighted by atomic mass is 35.5. The largest absolute Gasteiger partial charge is 0.454 e. The lowest BCUT2D eigenvalue weighted by Crippen LogP contribution is -2.29. The maximum atomic E-state index is 12.2. The van der Waals surface area contributed by atoms with Crippen LogP contribution < -0.4 is 20.1 Å². The summed E-state index contributed by atoms with van der Waals surface area (Å²) in [5.41, 5.74) is 1.51. The standard InChI is InChI=1S/C20H15ClN4O3/c21-15-4-2-1-3-14(15)20(26)24-6-5-23-19-13(10-22)7-12-8-17-18(28-11-27-17)9-16(12)25-19/h1-4,7-9H,5-6,11H2,(H,23,25)(H,24,26). The number of rotatable bonds is 5. The molecular formula is C20H15ClN4O3. The van der Waals surface area contributed by atoms with Crippen LogP contribution >= 0.6 is 11.6 Å². The third-order valence-electron chi connectivity index (χ3n) is 4.25. The van der Waals surface area contributed by atoms with Crippen molar-refractivity contribution in [2.24, 2.45) is 0 Å². The fourth-order valence-corrected chi connectivity index (χ4v) is 3.10.